The zero-order valence-electron chi connectivity index (χ0n) is 12.7. The maximum atomic E-state index is 5.82. The number of ether oxygens (including phenoxy) is 2. The lowest BCUT2D eigenvalue weighted by molar-refractivity contribution is 0.294. The lowest BCUT2D eigenvalue weighted by atomic mass is 10.1. The summed E-state index contributed by atoms with van der Waals surface area (Å²) in [5.74, 6) is 1.61. The van der Waals surface area contributed by atoms with Crippen molar-refractivity contribution in [2.24, 2.45) is 0 Å². The smallest absolute Gasteiger partial charge is 0.138 e. The Morgan fingerprint density at radius 3 is 2.91 bits per heavy atom. The van der Waals surface area contributed by atoms with Gasteiger partial charge in [-0.1, -0.05) is 0 Å². The zero-order chi connectivity index (χ0) is 15.5. The maximum Gasteiger partial charge on any atom is 0.138 e. The van der Waals surface area contributed by atoms with Gasteiger partial charge in [0.15, 0.2) is 0 Å². The average Bonchev–Trinajstić information content (AvgIpc) is 3.00. The summed E-state index contributed by atoms with van der Waals surface area (Å²) in [6.07, 6.45) is 4.47. The topological polar surface area (TPSA) is 72.1 Å². The monoisotopic (exact) mass is 310 g/mol. The van der Waals surface area contributed by atoms with Crippen LogP contribution in [0.4, 0.5) is 0 Å². The largest absolute Gasteiger partial charge is 0.492 e. The first kappa shape index (κ1) is 14.0. The van der Waals surface area contributed by atoms with Crippen LogP contribution in [0.25, 0.3) is 22.2 Å². The number of rotatable bonds is 0. The van der Waals surface area contributed by atoms with Crippen LogP contribution in [0, 0.1) is 0 Å². The highest BCUT2D eigenvalue weighted by Gasteiger charge is 2.11. The van der Waals surface area contributed by atoms with Crippen LogP contribution in [0.15, 0.2) is 36.7 Å². The van der Waals surface area contributed by atoms with E-state index in [4.69, 9.17) is 9.47 Å². The van der Waals surface area contributed by atoms with Gasteiger partial charge in [-0.05, 0) is 37.2 Å². The molecular weight excluding hydrogens is 292 g/mol. The van der Waals surface area contributed by atoms with Crippen LogP contribution >= 0.6 is 0 Å². The van der Waals surface area contributed by atoms with Gasteiger partial charge in [-0.3, -0.25) is 10.1 Å². The van der Waals surface area contributed by atoms with Gasteiger partial charge in [-0.25, -0.2) is 0 Å². The van der Waals surface area contributed by atoms with Gasteiger partial charge in [0.1, 0.15) is 23.8 Å². The van der Waals surface area contributed by atoms with Gasteiger partial charge in [0.2, 0.25) is 0 Å². The van der Waals surface area contributed by atoms with E-state index in [-0.39, 0.29) is 0 Å². The molecule has 1 aromatic carbocycles. The van der Waals surface area contributed by atoms with Crippen molar-refractivity contribution < 1.29 is 9.47 Å². The Morgan fingerprint density at radius 2 is 1.91 bits per heavy atom. The fraction of sp³-hybridized carbons (Fsp3) is 0.294. The van der Waals surface area contributed by atoms with E-state index in [0.29, 0.717) is 13.2 Å². The number of hydrogen-bond donors (Lipinski definition) is 2. The zero-order valence-corrected chi connectivity index (χ0v) is 12.7. The first-order valence-corrected chi connectivity index (χ1v) is 7.80. The molecule has 0 saturated carbocycles. The number of hydrogen-bond acceptors (Lipinski definition) is 5. The van der Waals surface area contributed by atoms with Crippen molar-refractivity contribution in [1.82, 2.24) is 20.5 Å². The Kier molecular flexibility index (Phi) is 3.81. The van der Waals surface area contributed by atoms with E-state index in [0.717, 1.165) is 53.2 Å². The van der Waals surface area contributed by atoms with Crippen LogP contribution in [0.3, 0.4) is 0 Å². The summed E-state index contributed by atoms with van der Waals surface area (Å²) in [6, 6.07) is 7.94. The Morgan fingerprint density at radius 1 is 0.957 bits per heavy atom. The second-order valence-corrected chi connectivity index (χ2v) is 5.49. The quantitative estimate of drug-likeness (QED) is 0.667. The SMILES string of the molecule is c1ncc2cc1OCCCNCCOc1ccc3[nH]nc-2c3c1. The highest BCUT2D eigenvalue weighted by atomic mass is 16.5. The van der Waals surface area contributed by atoms with Crippen molar-refractivity contribution in [2.75, 3.05) is 26.3 Å². The first-order chi connectivity index (χ1) is 11.4. The molecule has 0 unspecified atom stereocenters. The number of aromatic amines is 1. The Bertz CT molecular complexity index is 815. The molecule has 6 heteroatoms. The Balaban J connectivity index is 1.78. The summed E-state index contributed by atoms with van der Waals surface area (Å²) >= 11 is 0. The molecule has 4 bridgehead atoms. The van der Waals surface area contributed by atoms with Crippen LogP contribution in [0.2, 0.25) is 0 Å². The molecular formula is C17H18N4O2. The molecule has 2 N–H and O–H groups in total. The molecule has 2 aromatic heterocycles. The molecule has 4 rings (SSSR count). The second-order valence-electron chi connectivity index (χ2n) is 5.49. The molecule has 0 spiro atoms. The number of nitrogens with one attached hydrogen (secondary N) is 2. The van der Waals surface area contributed by atoms with E-state index in [9.17, 15) is 0 Å². The minimum Gasteiger partial charge on any atom is -0.492 e. The van der Waals surface area contributed by atoms with Crippen molar-refractivity contribution >= 4 is 10.9 Å². The van der Waals surface area contributed by atoms with Crippen molar-refractivity contribution in [3.05, 3.63) is 36.7 Å². The lowest BCUT2D eigenvalue weighted by Crippen LogP contribution is -2.23. The van der Waals surface area contributed by atoms with Crippen molar-refractivity contribution in [3.8, 4) is 22.8 Å². The third kappa shape index (κ3) is 2.98. The fourth-order valence-electron chi connectivity index (χ4n) is 2.68. The molecule has 6 nitrogen and oxygen atoms in total. The maximum absolute atomic E-state index is 5.82. The van der Waals surface area contributed by atoms with Crippen LogP contribution in [0.1, 0.15) is 6.42 Å². The predicted octanol–water partition coefficient (Wildman–Crippen LogP) is 2.38. The van der Waals surface area contributed by atoms with E-state index in [1.807, 2.05) is 24.3 Å². The molecule has 0 radical (unpaired) electrons. The summed E-state index contributed by atoms with van der Waals surface area (Å²) < 4.78 is 11.6. The van der Waals surface area contributed by atoms with Gasteiger partial charge in [-0.15, -0.1) is 0 Å². The van der Waals surface area contributed by atoms with Gasteiger partial charge >= 0.3 is 0 Å². The lowest BCUT2D eigenvalue weighted by Gasteiger charge is -2.08. The predicted molar refractivity (Wildman–Crippen MR) is 87.8 cm³/mol. The van der Waals surface area contributed by atoms with Crippen LogP contribution in [-0.4, -0.2) is 41.5 Å². The summed E-state index contributed by atoms with van der Waals surface area (Å²) in [5.41, 5.74) is 2.76. The molecule has 23 heavy (non-hydrogen) atoms. The molecule has 0 saturated heterocycles. The fourth-order valence-corrected chi connectivity index (χ4v) is 2.68. The van der Waals surface area contributed by atoms with Gasteiger partial charge in [0, 0.05) is 23.7 Å². The molecule has 118 valence electrons. The first-order valence-electron chi connectivity index (χ1n) is 7.80. The van der Waals surface area contributed by atoms with E-state index in [1.165, 1.54) is 0 Å². The van der Waals surface area contributed by atoms with Crippen LogP contribution in [0.5, 0.6) is 11.5 Å². The second kappa shape index (κ2) is 6.26. The number of aromatic nitrogens is 3. The molecule has 1 aliphatic rings. The van der Waals surface area contributed by atoms with Crippen molar-refractivity contribution in [3.63, 3.8) is 0 Å². The summed E-state index contributed by atoms with van der Waals surface area (Å²) in [5, 5.41) is 11.9. The minimum atomic E-state index is 0.634. The number of nitrogens with zero attached hydrogens (tertiary/aromatic N) is 2. The molecule has 0 atom stereocenters. The van der Waals surface area contributed by atoms with E-state index < -0.39 is 0 Å². The third-order valence-electron chi connectivity index (χ3n) is 3.84. The molecule has 0 amide bonds. The summed E-state index contributed by atoms with van der Waals surface area (Å²) in [4.78, 5) is 4.28. The number of pyridine rings is 1. The molecule has 0 aliphatic carbocycles. The molecule has 3 aromatic rings. The normalized spacial score (nSPS) is 15.5. The third-order valence-corrected chi connectivity index (χ3v) is 3.84. The Hall–Kier alpha value is -2.60. The van der Waals surface area contributed by atoms with Crippen molar-refractivity contribution in [1.29, 1.82) is 0 Å². The van der Waals surface area contributed by atoms with Gasteiger partial charge < -0.3 is 14.8 Å². The number of benzene rings is 1. The number of H-pyrrole nitrogens is 1. The van der Waals surface area contributed by atoms with Gasteiger partial charge in [0.25, 0.3) is 0 Å². The van der Waals surface area contributed by atoms with Gasteiger partial charge in [-0.2, -0.15) is 5.10 Å². The van der Waals surface area contributed by atoms with Crippen LogP contribution < -0.4 is 14.8 Å². The molecule has 3 heterocycles. The summed E-state index contributed by atoms with van der Waals surface area (Å²) in [6.45, 7) is 3.00. The molecule has 1 aliphatic heterocycles. The average molecular weight is 310 g/mol. The highest BCUT2D eigenvalue weighted by molar-refractivity contribution is 5.93. The highest BCUT2D eigenvalue weighted by Crippen LogP contribution is 2.30. The van der Waals surface area contributed by atoms with E-state index >= 15 is 0 Å². The number of fused-ring (bicyclic) bond motifs is 4. The minimum absolute atomic E-state index is 0.634. The van der Waals surface area contributed by atoms with Crippen LogP contribution in [-0.2, 0) is 0 Å². The molecule has 0 fully saturated rings. The van der Waals surface area contributed by atoms with Crippen molar-refractivity contribution in [2.45, 2.75) is 6.42 Å². The standard InChI is InChI=1S/C17H18N4O2/c1-4-18-5-7-23-13-2-3-16-15(9-13)17(21-20-16)12-8-14(22-6-1)11-19-10-12/h2-3,8-11,18H,1,4-7H2,(H,20,21). The summed E-state index contributed by atoms with van der Waals surface area (Å²) in [7, 11) is 0. The van der Waals surface area contributed by atoms with E-state index in [1.54, 1.807) is 12.4 Å². The van der Waals surface area contributed by atoms with Gasteiger partial charge in [0.05, 0.1) is 18.3 Å². The Labute approximate surface area is 133 Å². The van der Waals surface area contributed by atoms with E-state index in [2.05, 4.69) is 20.5 Å².